The van der Waals surface area contributed by atoms with Crippen molar-refractivity contribution in [3.8, 4) is 5.75 Å². The second-order valence-electron chi connectivity index (χ2n) is 5.92. The molecular weight excluding hydrogens is 384 g/mol. The minimum absolute atomic E-state index is 0.106. The highest BCUT2D eigenvalue weighted by Crippen LogP contribution is 2.25. The summed E-state index contributed by atoms with van der Waals surface area (Å²) in [5.74, 6) is 0.590. The molecular formula is C18H24N4O3S2. The number of hydrogen-bond acceptors (Lipinski definition) is 7. The van der Waals surface area contributed by atoms with Crippen LogP contribution in [0.1, 0.15) is 38.1 Å². The number of thioether (sulfide) groups is 1. The van der Waals surface area contributed by atoms with E-state index in [1.807, 2.05) is 27.7 Å². The largest absolute Gasteiger partial charge is 0.493 e. The Morgan fingerprint density at radius 3 is 2.63 bits per heavy atom. The van der Waals surface area contributed by atoms with Crippen LogP contribution in [0.3, 0.4) is 0 Å². The molecule has 0 spiro atoms. The van der Waals surface area contributed by atoms with Gasteiger partial charge < -0.3 is 10.1 Å². The maximum Gasteiger partial charge on any atom is 0.255 e. The molecule has 0 aliphatic rings. The standard InChI is InChI=1S/C18H24N4O3S2/c1-5-25-13-10-8-7-9-12(13)15(23)19-14(11(3)4)16(24)20-17-21-22-18(27-17)26-6-2/h7-11,14H,5-6H2,1-4H3,(H,19,23)(H,20,21,24)/t14-/m1/s1. The van der Waals surface area contributed by atoms with Crippen LogP contribution in [0.4, 0.5) is 5.13 Å². The van der Waals surface area contributed by atoms with Gasteiger partial charge in [0.1, 0.15) is 11.8 Å². The van der Waals surface area contributed by atoms with E-state index < -0.39 is 6.04 Å². The molecule has 0 bridgehead atoms. The first-order valence-corrected chi connectivity index (χ1v) is 10.6. The summed E-state index contributed by atoms with van der Waals surface area (Å²) in [4.78, 5) is 25.4. The number of carbonyl (C=O) groups excluding carboxylic acids is 2. The number of nitrogens with one attached hydrogen (secondary N) is 2. The zero-order chi connectivity index (χ0) is 19.8. The third-order valence-electron chi connectivity index (χ3n) is 3.57. The summed E-state index contributed by atoms with van der Waals surface area (Å²) in [6.07, 6.45) is 0. The van der Waals surface area contributed by atoms with Gasteiger partial charge in [0, 0.05) is 0 Å². The van der Waals surface area contributed by atoms with E-state index in [1.165, 1.54) is 11.3 Å². The Morgan fingerprint density at radius 2 is 1.96 bits per heavy atom. The molecule has 1 aromatic heterocycles. The number of anilines is 1. The Morgan fingerprint density at radius 1 is 1.22 bits per heavy atom. The van der Waals surface area contributed by atoms with E-state index in [1.54, 1.807) is 36.0 Å². The first kappa shape index (κ1) is 21.2. The number of ether oxygens (including phenoxy) is 1. The quantitative estimate of drug-likeness (QED) is 0.488. The molecule has 0 saturated heterocycles. The first-order chi connectivity index (χ1) is 13.0. The van der Waals surface area contributed by atoms with E-state index in [-0.39, 0.29) is 17.7 Å². The van der Waals surface area contributed by atoms with Crippen molar-refractivity contribution in [3.05, 3.63) is 29.8 Å². The smallest absolute Gasteiger partial charge is 0.255 e. The molecule has 0 aliphatic carbocycles. The van der Waals surface area contributed by atoms with E-state index in [0.717, 1.165) is 10.1 Å². The zero-order valence-corrected chi connectivity index (χ0v) is 17.4. The van der Waals surface area contributed by atoms with E-state index in [2.05, 4.69) is 20.8 Å². The van der Waals surface area contributed by atoms with Gasteiger partial charge in [0.2, 0.25) is 11.0 Å². The summed E-state index contributed by atoms with van der Waals surface area (Å²) in [6.45, 7) is 8.07. The average molecular weight is 409 g/mol. The molecule has 0 radical (unpaired) electrons. The van der Waals surface area contributed by atoms with Gasteiger partial charge >= 0.3 is 0 Å². The number of benzene rings is 1. The van der Waals surface area contributed by atoms with Gasteiger partial charge in [-0.1, -0.05) is 56.0 Å². The maximum atomic E-state index is 12.7. The summed E-state index contributed by atoms with van der Waals surface area (Å²) in [7, 11) is 0. The van der Waals surface area contributed by atoms with Crippen molar-refractivity contribution in [3.63, 3.8) is 0 Å². The minimum atomic E-state index is -0.710. The highest BCUT2D eigenvalue weighted by atomic mass is 32.2. The van der Waals surface area contributed by atoms with Gasteiger partial charge in [-0.2, -0.15) is 0 Å². The van der Waals surface area contributed by atoms with E-state index >= 15 is 0 Å². The van der Waals surface area contributed by atoms with Gasteiger partial charge in [0.15, 0.2) is 4.34 Å². The molecule has 0 saturated carbocycles. The molecule has 2 aromatic rings. The fraction of sp³-hybridized carbons (Fsp3) is 0.444. The molecule has 27 heavy (non-hydrogen) atoms. The SMILES string of the molecule is CCOc1ccccc1C(=O)N[C@@H](C(=O)Nc1nnc(SCC)s1)C(C)C. The molecule has 0 fully saturated rings. The summed E-state index contributed by atoms with van der Waals surface area (Å²) < 4.78 is 6.30. The summed E-state index contributed by atoms with van der Waals surface area (Å²) in [6, 6.07) is 6.26. The Balaban J connectivity index is 2.10. The van der Waals surface area contributed by atoms with Crippen LogP contribution in [0.2, 0.25) is 0 Å². The molecule has 1 heterocycles. The van der Waals surface area contributed by atoms with Gasteiger partial charge in [-0.05, 0) is 30.7 Å². The second-order valence-corrected chi connectivity index (χ2v) is 8.41. The second kappa shape index (κ2) is 10.3. The predicted molar refractivity (Wildman–Crippen MR) is 109 cm³/mol. The lowest BCUT2D eigenvalue weighted by molar-refractivity contribution is -0.118. The summed E-state index contributed by atoms with van der Waals surface area (Å²) in [5, 5.41) is 14.0. The van der Waals surface area contributed by atoms with E-state index in [9.17, 15) is 9.59 Å². The Labute approximate surface area is 167 Å². The van der Waals surface area contributed by atoms with Crippen LogP contribution in [0.15, 0.2) is 28.6 Å². The third-order valence-corrected chi connectivity index (χ3v) is 5.43. The van der Waals surface area contributed by atoms with Gasteiger partial charge in [-0.3, -0.25) is 14.9 Å². The molecule has 146 valence electrons. The summed E-state index contributed by atoms with van der Waals surface area (Å²) in [5.41, 5.74) is 0.398. The highest BCUT2D eigenvalue weighted by molar-refractivity contribution is 8.01. The van der Waals surface area contributed by atoms with Crippen LogP contribution in [0, 0.1) is 5.92 Å². The molecule has 1 aromatic carbocycles. The monoisotopic (exact) mass is 408 g/mol. The Hall–Kier alpha value is -2.13. The predicted octanol–water partition coefficient (Wildman–Crippen LogP) is 3.44. The van der Waals surface area contributed by atoms with Crippen LogP contribution >= 0.6 is 23.1 Å². The average Bonchev–Trinajstić information content (AvgIpc) is 3.07. The summed E-state index contributed by atoms with van der Waals surface area (Å²) >= 11 is 2.88. The lowest BCUT2D eigenvalue weighted by Gasteiger charge is -2.21. The van der Waals surface area contributed by atoms with Crippen molar-refractivity contribution in [2.45, 2.75) is 38.1 Å². The third kappa shape index (κ3) is 5.93. The Bertz CT molecular complexity index is 779. The maximum absolute atomic E-state index is 12.7. The number of hydrogen-bond donors (Lipinski definition) is 2. The molecule has 0 aliphatic heterocycles. The number of carbonyl (C=O) groups is 2. The lowest BCUT2D eigenvalue weighted by Crippen LogP contribution is -2.47. The van der Waals surface area contributed by atoms with E-state index in [0.29, 0.717) is 23.1 Å². The fourth-order valence-electron chi connectivity index (χ4n) is 2.31. The topological polar surface area (TPSA) is 93.2 Å². The number of amides is 2. The molecule has 2 rings (SSSR count). The first-order valence-electron chi connectivity index (χ1n) is 8.76. The van der Waals surface area contributed by atoms with Crippen LogP contribution in [0.5, 0.6) is 5.75 Å². The van der Waals surface area contributed by atoms with Crippen LogP contribution < -0.4 is 15.4 Å². The van der Waals surface area contributed by atoms with Crippen molar-refractivity contribution in [2.24, 2.45) is 5.92 Å². The zero-order valence-electron chi connectivity index (χ0n) is 15.8. The molecule has 1 atom stereocenters. The Kier molecular flexibility index (Phi) is 8.05. The molecule has 2 N–H and O–H groups in total. The molecule has 7 nitrogen and oxygen atoms in total. The number of rotatable bonds is 9. The normalized spacial score (nSPS) is 11.9. The molecule has 9 heteroatoms. The minimum Gasteiger partial charge on any atom is -0.493 e. The fourth-order valence-corrected chi connectivity index (χ4v) is 3.97. The number of nitrogens with zero attached hydrogens (tertiary/aromatic N) is 2. The van der Waals surface area contributed by atoms with Crippen molar-refractivity contribution in [1.29, 1.82) is 0 Å². The number of para-hydroxylation sites is 1. The van der Waals surface area contributed by atoms with E-state index in [4.69, 9.17) is 4.74 Å². The van der Waals surface area contributed by atoms with Gasteiger partial charge in [-0.25, -0.2) is 0 Å². The lowest BCUT2D eigenvalue weighted by atomic mass is 10.0. The molecule has 0 unspecified atom stereocenters. The van der Waals surface area contributed by atoms with Gasteiger partial charge in [0.05, 0.1) is 12.2 Å². The van der Waals surface area contributed by atoms with Gasteiger partial charge in [0.25, 0.3) is 5.91 Å². The van der Waals surface area contributed by atoms with Crippen molar-refractivity contribution in [1.82, 2.24) is 15.5 Å². The van der Waals surface area contributed by atoms with Gasteiger partial charge in [-0.15, -0.1) is 10.2 Å². The van der Waals surface area contributed by atoms with Crippen LogP contribution in [0.25, 0.3) is 0 Å². The number of aromatic nitrogens is 2. The van der Waals surface area contributed by atoms with Crippen LogP contribution in [-0.2, 0) is 4.79 Å². The van der Waals surface area contributed by atoms with Crippen molar-refractivity contribution >= 4 is 40.0 Å². The van der Waals surface area contributed by atoms with Crippen LogP contribution in [-0.4, -0.2) is 40.4 Å². The highest BCUT2D eigenvalue weighted by Gasteiger charge is 2.26. The molecule has 2 amide bonds. The van der Waals surface area contributed by atoms with Crippen molar-refractivity contribution in [2.75, 3.05) is 17.7 Å². The van der Waals surface area contributed by atoms with Crippen molar-refractivity contribution < 1.29 is 14.3 Å².